The molecule has 0 radical (unpaired) electrons. The minimum atomic E-state index is 0.0596. The molecular formula is C21H32N2O3. The van der Waals surface area contributed by atoms with Gasteiger partial charge in [0.2, 0.25) is 5.91 Å². The Labute approximate surface area is 156 Å². The van der Waals surface area contributed by atoms with Gasteiger partial charge in [-0.2, -0.15) is 0 Å². The normalized spacial score (nSPS) is 20.6. The van der Waals surface area contributed by atoms with Gasteiger partial charge in [0.1, 0.15) is 5.75 Å². The van der Waals surface area contributed by atoms with E-state index >= 15 is 0 Å². The number of aliphatic hydroxyl groups is 1. The lowest BCUT2D eigenvalue weighted by Gasteiger charge is -2.47. The van der Waals surface area contributed by atoms with Crippen molar-refractivity contribution in [2.24, 2.45) is 5.41 Å². The first-order valence-corrected chi connectivity index (χ1v) is 9.71. The van der Waals surface area contributed by atoms with Crippen molar-refractivity contribution in [3.8, 4) is 5.75 Å². The van der Waals surface area contributed by atoms with Crippen LogP contribution in [0.15, 0.2) is 12.1 Å². The van der Waals surface area contributed by atoms with Crippen molar-refractivity contribution in [2.75, 3.05) is 39.9 Å². The maximum Gasteiger partial charge on any atom is 0.222 e. The van der Waals surface area contributed by atoms with E-state index in [1.54, 1.807) is 7.11 Å². The van der Waals surface area contributed by atoms with Crippen molar-refractivity contribution in [3.63, 3.8) is 0 Å². The maximum atomic E-state index is 12.0. The molecule has 5 nitrogen and oxygen atoms in total. The number of piperidine rings is 2. The molecule has 2 aliphatic rings. The second kappa shape index (κ2) is 7.97. The fourth-order valence-corrected chi connectivity index (χ4v) is 4.50. The van der Waals surface area contributed by atoms with Gasteiger partial charge in [-0.3, -0.25) is 9.69 Å². The molecule has 0 saturated carbocycles. The summed E-state index contributed by atoms with van der Waals surface area (Å²) in [6, 6.07) is 4.39. The summed E-state index contributed by atoms with van der Waals surface area (Å²) in [5.41, 5.74) is 4.10. The third-order valence-electron chi connectivity index (χ3n) is 6.28. The molecule has 1 aromatic rings. The summed E-state index contributed by atoms with van der Waals surface area (Å²) in [6.45, 7) is 8.74. The number of ether oxygens (including phenoxy) is 1. The van der Waals surface area contributed by atoms with Crippen LogP contribution in [0.25, 0.3) is 0 Å². The average Bonchev–Trinajstić information content (AvgIpc) is 2.63. The van der Waals surface area contributed by atoms with Crippen molar-refractivity contribution >= 4 is 5.91 Å². The van der Waals surface area contributed by atoms with Crippen molar-refractivity contribution in [3.05, 3.63) is 28.8 Å². The van der Waals surface area contributed by atoms with Crippen LogP contribution in [0.3, 0.4) is 0 Å². The number of likely N-dealkylation sites (tertiary alicyclic amines) is 2. The van der Waals surface area contributed by atoms with E-state index in [4.69, 9.17) is 4.74 Å². The highest BCUT2D eigenvalue weighted by molar-refractivity contribution is 5.77. The number of aryl methyl sites for hydroxylation is 2. The van der Waals surface area contributed by atoms with E-state index in [1.165, 1.54) is 16.7 Å². The van der Waals surface area contributed by atoms with Crippen LogP contribution in [-0.4, -0.2) is 60.7 Å². The Morgan fingerprint density at radius 2 is 1.88 bits per heavy atom. The number of nitrogens with zero attached hydrogens (tertiary/aromatic N) is 2. The van der Waals surface area contributed by atoms with Crippen LogP contribution in [0.2, 0.25) is 0 Å². The highest BCUT2D eigenvalue weighted by Crippen LogP contribution is 2.40. The van der Waals surface area contributed by atoms with E-state index in [2.05, 4.69) is 30.9 Å². The third kappa shape index (κ3) is 4.04. The van der Waals surface area contributed by atoms with Gasteiger partial charge in [-0.1, -0.05) is 6.07 Å². The molecular weight excluding hydrogens is 328 g/mol. The first kappa shape index (κ1) is 19.2. The van der Waals surface area contributed by atoms with Gasteiger partial charge in [0.15, 0.2) is 0 Å². The number of benzene rings is 1. The quantitative estimate of drug-likeness (QED) is 0.877. The summed E-state index contributed by atoms with van der Waals surface area (Å²) in [6.07, 6.45) is 3.91. The molecule has 0 bridgehead atoms. The highest BCUT2D eigenvalue weighted by atomic mass is 16.5. The average molecular weight is 360 g/mol. The second-order valence-electron chi connectivity index (χ2n) is 8.06. The van der Waals surface area contributed by atoms with Crippen LogP contribution in [-0.2, 0) is 11.3 Å². The molecule has 3 rings (SSSR count). The van der Waals surface area contributed by atoms with Crippen LogP contribution in [0.1, 0.15) is 42.4 Å². The fourth-order valence-electron chi connectivity index (χ4n) is 4.50. The van der Waals surface area contributed by atoms with E-state index in [-0.39, 0.29) is 17.9 Å². The summed E-state index contributed by atoms with van der Waals surface area (Å²) < 4.78 is 5.42. The van der Waals surface area contributed by atoms with Gasteiger partial charge < -0.3 is 14.7 Å². The molecule has 1 aromatic carbocycles. The molecule has 2 fully saturated rings. The Hall–Kier alpha value is -1.59. The second-order valence-corrected chi connectivity index (χ2v) is 8.06. The summed E-state index contributed by atoms with van der Waals surface area (Å²) in [5.74, 6) is 1.16. The maximum absolute atomic E-state index is 12.0. The van der Waals surface area contributed by atoms with E-state index in [0.717, 1.165) is 51.2 Å². The first-order valence-electron chi connectivity index (χ1n) is 9.71. The van der Waals surface area contributed by atoms with E-state index in [9.17, 15) is 9.90 Å². The number of β-amino-alcohol motifs (C(OH)–C–C–N with tert-alkyl or cyclic N) is 1. The van der Waals surface area contributed by atoms with Crippen molar-refractivity contribution in [2.45, 2.75) is 46.1 Å². The molecule has 1 spiro atoms. The summed E-state index contributed by atoms with van der Waals surface area (Å²) in [7, 11) is 1.72. The monoisotopic (exact) mass is 360 g/mol. The number of rotatable bonds is 5. The topological polar surface area (TPSA) is 53.0 Å². The summed E-state index contributed by atoms with van der Waals surface area (Å²) in [5, 5.41) is 9.20. The SMILES string of the molecule is COc1cc(C)c(CN2CCC3(CCC(=O)N(CCO)C3)CC2)cc1C. The van der Waals surface area contributed by atoms with Crippen molar-refractivity contribution in [1.29, 1.82) is 0 Å². The molecule has 144 valence electrons. The number of aliphatic hydroxyl groups excluding tert-OH is 1. The predicted molar refractivity (Wildman–Crippen MR) is 102 cm³/mol. The zero-order chi connectivity index (χ0) is 18.7. The molecule has 0 unspecified atom stereocenters. The molecule has 0 atom stereocenters. The lowest BCUT2D eigenvalue weighted by molar-refractivity contribution is -0.139. The molecule has 2 heterocycles. The van der Waals surface area contributed by atoms with Gasteiger partial charge in [0.25, 0.3) is 0 Å². The van der Waals surface area contributed by atoms with E-state index in [1.807, 2.05) is 4.90 Å². The van der Waals surface area contributed by atoms with Gasteiger partial charge in [-0.05, 0) is 74.4 Å². The Morgan fingerprint density at radius 1 is 1.15 bits per heavy atom. The Kier molecular flexibility index (Phi) is 5.88. The lowest BCUT2D eigenvalue weighted by Crippen LogP contribution is -2.51. The van der Waals surface area contributed by atoms with E-state index < -0.39 is 0 Å². The number of hydrogen-bond acceptors (Lipinski definition) is 4. The van der Waals surface area contributed by atoms with Gasteiger partial charge in [0.05, 0.1) is 13.7 Å². The van der Waals surface area contributed by atoms with E-state index in [0.29, 0.717) is 13.0 Å². The molecule has 5 heteroatoms. The van der Waals surface area contributed by atoms with Crippen LogP contribution in [0.4, 0.5) is 0 Å². The van der Waals surface area contributed by atoms with Gasteiger partial charge in [-0.25, -0.2) is 0 Å². The van der Waals surface area contributed by atoms with Crippen LogP contribution in [0, 0.1) is 19.3 Å². The largest absolute Gasteiger partial charge is 0.496 e. The summed E-state index contributed by atoms with van der Waals surface area (Å²) >= 11 is 0. The summed E-state index contributed by atoms with van der Waals surface area (Å²) in [4.78, 5) is 16.4. The van der Waals surface area contributed by atoms with Gasteiger partial charge in [0, 0.05) is 26.1 Å². The Balaban J connectivity index is 1.60. The first-order chi connectivity index (χ1) is 12.5. The highest BCUT2D eigenvalue weighted by Gasteiger charge is 2.40. The molecule has 2 aliphatic heterocycles. The smallest absolute Gasteiger partial charge is 0.222 e. The molecule has 1 N–H and O–H groups in total. The van der Waals surface area contributed by atoms with Gasteiger partial charge >= 0.3 is 0 Å². The van der Waals surface area contributed by atoms with Crippen molar-refractivity contribution in [1.82, 2.24) is 9.80 Å². The number of amides is 1. The van der Waals surface area contributed by atoms with Crippen LogP contribution in [0.5, 0.6) is 5.75 Å². The number of carbonyl (C=O) groups excluding carboxylic acids is 1. The van der Waals surface area contributed by atoms with Crippen LogP contribution >= 0.6 is 0 Å². The zero-order valence-electron chi connectivity index (χ0n) is 16.4. The van der Waals surface area contributed by atoms with Gasteiger partial charge in [-0.15, -0.1) is 0 Å². The molecule has 0 aromatic heterocycles. The predicted octanol–water partition coefficient (Wildman–Crippen LogP) is 2.51. The standard InChI is InChI=1S/C21H32N2O3/c1-16-13-19(26-3)17(2)12-18(16)14-22-8-6-21(7-9-22)5-4-20(25)23(15-21)10-11-24/h12-13,24H,4-11,14-15H2,1-3H3. The molecule has 1 amide bonds. The van der Waals surface area contributed by atoms with Crippen LogP contribution < -0.4 is 4.74 Å². The fraction of sp³-hybridized carbons (Fsp3) is 0.667. The van der Waals surface area contributed by atoms with Crippen molar-refractivity contribution < 1.29 is 14.6 Å². The minimum Gasteiger partial charge on any atom is -0.496 e. The third-order valence-corrected chi connectivity index (χ3v) is 6.28. The minimum absolute atomic E-state index is 0.0596. The molecule has 0 aliphatic carbocycles. The number of carbonyl (C=O) groups is 1. The Bertz CT molecular complexity index is 651. The lowest BCUT2D eigenvalue weighted by atomic mass is 9.72. The number of methoxy groups -OCH3 is 1. The molecule has 2 saturated heterocycles. The Morgan fingerprint density at radius 3 is 2.54 bits per heavy atom. The molecule has 26 heavy (non-hydrogen) atoms. The number of hydrogen-bond donors (Lipinski definition) is 1. The zero-order valence-corrected chi connectivity index (χ0v) is 16.4.